The number of nitrogens with zero attached hydrogens (tertiary/aromatic N) is 2. The Hall–Kier alpha value is -1.85. The van der Waals surface area contributed by atoms with Gasteiger partial charge >= 0.3 is 5.69 Å². The number of ether oxygens (including phenoxy) is 1. The van der Waals surface area contributed by atoms with Crippen molar-refractivity contribution in [2.45, 2.75) is 45.6 Å². The molecule has 0 saturated carbocycles. The molecule has 1 atom stereocenters. The van der Waals surface area contributed by atoms with Gasteiger partial charge in [-0.1, -0.05) is 26.2 Å². The SMILES string of the molecule is CCCCCC(C)Nc1nc(OC)ccc1[N+](=O)[O-]. The van der Waals surface area contributed by atoms with Crippen molar-refractivity contribution in [3.05, 3.63) is 22.2 Å². The molecule has 1 aromatic rings. The summed E-state index contributed by atoms with van der Waals surface area (Å²) < 4.78 is 5.00. The van der Waals surface area contributed by atoms with Gasteiger partial charge in [0.25, 0.3) is 0 Å². The zero-order valence-electron chi connectivity index (χ0n) is 11.7. The molecule has 6 heteroatoms. The topological polar surface area (TPSA) is 77.3 Å². The monoisotopic (exact) mass is 267 g/mol. The average molecular weight is 267 g/mol. The first kappa shape index (κ1) is 15.2. The molecule has 0 amide bonds. The number of anilines is 1. The highest BCUT2D eigenvalue weighted by Gasteiger charge is 2.17. The van der Waals surface area contributed by atoms with E-state index in [-0.39, 0.29) is 17.5 Å². The van der Waals surface area contributed by atoms with Crippen molar-refractivity contribution in [3.8, 4) is 5.88 Å². The quantitative estimate of drug-likeness (QED) is 0.444. The Balaban J connectivity index is 2.76. The number of nitro groups is 1. The second-order valence-electron chi connectivity index (χ2n) is 4.52. The van der Waals surface area contributed by atoms with Gasteiger partial charge in [-0.05, 0) is 13.3 Å². The molecule has 19 heavy (non-hydrogen) atoms. The van der Waals surface area contributed by atoms with Gasteiger partial charge in [-0.25, -0.2) is 0 Å². The first-order valence-corrected chi connectivity index (χ1v) is 6.54. The van der Waals surface area contributed by atoms with Gasteiger partial charge in [-0.2, -0.15) is 4.98 Å². The Labute approximate surface area is 113 Å². The van der Waals surface area contributed by atoms with Crippen LogP contribution in [0.1, 0.15) is 39.5 Å². The number of hydrogen-bond acceptors (Lipinski definition) is 5. The zero-order chi connectivity index (χ0) is 14.3. The van der Waals surface area contributed by atoms with Crippen LogP contribution in [0, 0.1) is 10.1 Å². The lowest BCUT2D eigenvalue weighted by atomic mass is 10.1. The van der Waals surface area contributed by atoms with Crippen LogP contribution in [-0.2, 0) is 0 Å². The Morgan fingerprint density at radius 3 is 2.79 bits per heavy atom. The van der Waals surface area contributed by atoms with Gasteiger partial charge < -0.3 is 10.1 Å². The van der Waals surface area contributed by atoms with Gasteiger partial charge in [-0.15, -0.1) is 0 Å². The van der Waals surface area contributed by atoms with Crippen molar-refractivity contribution >= 4 is 11.5 Å². The number of unbranched alkanes of at least 4 members (excludes halogenated alkanes) is 2. The largest absolute Gasteiger partial charge is 0.481 e. The summed E-state index contributed by atoms with van der Waals surface area (Å²) in [7, 11) is 1.49. The minimum Gasteiger partial charge on any atom is -0.481 e. The summed E-state index contributed by atoms with van der Waals surface area (Å²) in [6.07, 6.45) is 4.39. The fourth-order valence-electron chi connectivity index (χ4n) is 1.81. The number of methoxy groups -OCH3 is 1. The molecule has 0 spiro atoms. The molecule has 1 unspecified atom stereocenters. The van der Waals surface area contributed by atoms with Gasteiger partial charge in [0.05, 0.1) is 12.0 Å². The van der Waals surface area contributed by atoms with Crippen LogP contribution in [0.3, 0.4) is 0 Å². The standard InChI is InChI=1S/C13H21N3O3/c1-4-5-6-7-10(2)14-13-11(16(17)18)8-9-12(15-13)19-3/h8-10H,4-7H2,1-3H3,(H,14,15). The van der Waals surface area contributed by atoms with Crippen molar-refractivity contribution < 1.29 is 9.66 Å². The summed E-state index contributed by atoms with van der Waals surface area (Å²) in [5.41, 5.74) is -0.0249. The molecule has 0 aliphatic rings. The Morgan fingerprint density at radius 2 is 2.21 bits per heavy atom. The molecule has 0 bridgehead atoms. The van der Waals surface area contributed by atoms with Crippen LogP contribution in [0.25, 0.3) is 0 Å². The van der Waals surface area contributed by atoms with E-state index in [0.29, 0.717) is 5.88 Å². The van der Waals surface area contributed by atoms with E-state index in [2.05, 4.69) is 17.2 Å². The number of pyridine rings is 1. The Kier molecular flexibility index (Phi) is 6.05. The molecular formula is C13H21N3O3. The molecule has 1 heterocycles. The number of nitrogens with one attached hydrogen (secondary N) is 1. The van der Waals surface area contributed by atoms with E-state index < -0.39 is 4.92 Å². The minimum absolute atomic E-state index is 0.0249. The third-order valence-corrected chi connectivity index (χ3v) is 2.88. The van der Waals surface area contributed by atoms with E-state index in [1.54, 1.807) is 0 Å². The van der Waals surface area contributed by atoms with E-state index in [4.69, 9.17) is 4.74 Å². The fourth-order valence-corrected chi connectivity index (χ4v) is 1.81. The van der Waals surface area contributed by atoms with Crippen LogP contribution in [-0.4, -0.2) is 23.1 Å². The highest BCUT2D eigenvalue weighted by atomic mass is 16.6. The van der Waals surface area contributed by atoms with Crippen LogP contribution >= 0.6 is 0 Å². The predicted molar refractivity (Wildman–Crippen MR) is 74.7 cm³/mol. The summed E-state index contributed by atoms with van der Waals surface area (Å²) in [6.45, 7) is 4.15. The van der Waals surface area contributed by atoms with E-state index in [0.717, 1.165) is 19.3 Å². The maximum Gasteiger partial charge on any atom is 0.311 e. The Bertz CT molecular complexity index is 424. The maximum atomic E-state index is 10.9. The van der Waals surface area contributed by atoms with Crippen molar-refractivity contribution in [3.63, 3.8) is 0 Å². The average Bonchev–Trinajstić information content (AvgIpc) is 2.38. The molecule has 0 aliphatic carbocycles. The molecular weight excluding hydrogens is 246 g/mol. The lowest BCUT2D eigenvalue weighted by molar-refractivity contribution is -0.384. The molecule has 6 nitrogen and oxygen atoms in total. The number of rotatable bonds is 8. The van der Waals surface area contributed by atoms with Gasteiger partial charge in [-0.3, -0.25) is 10.1 Å². The van der Waals surface area contributed by atoms with Crippen LogP contribution in [0.2, 0.25) is 0 Å². The summed E-state index contributed by atoms with van der Waals surface area (Å²) in [5.74, 6) is 0.641. The minimum atomic E-state index is -0.437. The van der Waals surface area contributed by atoms with Crippen molar-refractivity contribution in [1.82, 2.24) is 4.98 Å². The zero-order valence-corrected chi connectivity index (χ0v) is 11.7. The van der Waals surface area contributed by atoms with Crippen LogP contribution in [0.5, 0.6) is 5.88 Å². The number of hydrogen-bond donors (Lipinski definition) is 1. The molecule has 0 aromatic carbocycles. The van der Waals surface area contributed by atoms with E-state index in [9.17, 15) is 10.1 Å². The maximum absolute atomic E-state index is 10.9. The van der Waals surface area contributed by atoms with Crippen LogP contribution in [0.15, 0.2) is 12.1 Å². The smallest absolute Gasteiger partial charge is 0.311 e. The molecule has 0 saturated heterocycles. The van der Waals surface area contributed by atoms with Crippen molar-refractivity contribution in [1.29, 1.82) is 0 Å². The summed E-state index contributed by atoms with van der Waals surface area (Å²) >= 11 is 0. The van der Waals surface area contributed by atoms with Gasteiger partial charge in [0.2, 0.25) is 11.7 Å². The summed E-state index contributed by atoms with van der Waals surface area (Å²) in [4.78, 5) is 14.6. The molecule has 1 rings (SSSR count). The van der Waals surface area contributed by atoms with Gasteiger partial charge in [0, 0.05) is 18.2 Å². The highest BCUT2D eigenvalue weighted by molar-refractivity contribution is 5.57. The lowest BCUT2D eigenvalue weighted by Crippen LogP contribution is -2.17. The lowest BCUT2D eigenvalue weighted by Gasteiger charge is -2.14. The fraction of sp³-hybridized carbons (Fsp3) is 0.615. The van der Waals surface area contributed by atoms with Crippen molar-refractivity contribution in [2.24, 2.45) is 0 Å². The van der Waals surface area contributed by atoms with Crippen LogP contribution in [0.4, 0.5) is 11.5 Å². The van der Waals surface area contributed by atoms with E-state index in [1.807, 2.05) is 6.92 Å². The second-order valence-corrected chi connectivity index (χ2v) is 4.52. The summed E-state index contributed by atoms with van der Waals surface area (Å²) in [5, 5.41) is 14.0. The molecule has 0 aliphatic heterocycles. The Morgan fingerprint density at radius 1 is 1.47 bits per heavy atom. The number of aromatic nitrogens is 1. The first-order valence-electron chi connectivity index (χ1n) is 6.54. The van der Waals surface area contributed by atoms with E-state index in [1.165, 1.54) is 25.7 Å². The summed E-state index contributed by atoms with van der Waals surface area (Å²) in [6, 6.07) is 3.04. The molecule has 106 valence electrons. The normalized spacial score (nSPS) is 11.9. The molecule has 1 N–H and O–H groups in total. The molecule has 0 radical (unpaired) electrons. The van der Waals surface area contributed by atoms with E-state index >= 15 is 0 Å². The molecule has 0 fully saturated rings. The predicted octanol–water partition coefficient (Wildman–Crippen LogP) is 3.38. The van der Waals surface area contributed by atoms with Gasteiger partial charge in [0.15, 0.2) is 0 Å². The third kappa shape index (κ3) is 4.73. The highest BCUT2D eigenvalue weighted by Crippen LogP contribution is 2.26. The first-order chi connectivity index (χ1) is 9.08. The van der Waals surface area contributed by atoms with Gasteiger partial charge in [0.1, 0.15) is 0 Å². The van der Waals surface area contributed by atoms with Crippen molar-refractivity contribution in [2.75, 3.05) is 12.4 Å². The third-order valence-electron chi connectivity index (χ3n) is 2.88. The molecule has 1 aromatic heterocycles. The van der Waals surface area contributed by atoms with Crippen LogP contribution < -0.4 is 10.1 Å². The second kappa shape index (κ2) is 7.56.